The molecule has 0 aromatic heterocycles. The lowest BCUT2D eigenvalue weighted by atomic mass is 10.2. The Balaban J connectivity index is 2.25. The largest absolute Gasteiger partial charge is 0.405 e. The van der Waals surface area contributed by atoms with Crippen molar-refractivity contribution in [2.75, 3.05) is 13.2 Å². The molecule has 1 amide bonds. The average Bonchev–Trinajstić information content (AvgIpc) is 2.50. The number of carbonyl (C=O) groups excluding carboxylic acids is 1. The second-order valence-electron chi connectivity index (χ2n) is 2.83. The molecule has 0 aliphatic carbocycles. The molecule has 76 valence electrons. The van der Waals surface area contributed by atoms with E-state index in [9.17, 15) is 18.0 Å². The lowest BCUT2D eigenvalue weighted by molar-refractivity contribution is -0.143. The van der Waals surface area contributed by atoms with Crippen molar-refractivity contribution in [3.63, 3.8) is 0 Å². The molecule has 0 aromatic carbocycles. The van der Waals surface area contributed by atoms with Gasteiger partial charge < -0.3 is 10.1 Å². The molecule has 0 spiro atoms. The summed E-state index contributed by atoms with van der Waals surface area (Å²) >= 11 is 0. The molecule has 1 saturated heterocycles. The van der Waals surface area contributed by atoms with Crippen molar-refractivity contribution in [1.29, 1.82) is 0 Å². The first kappa shape index (κ1) is 10.3. The third kappa shape index (κ3) is 3.63. The van der Waals surface area contributed by atoms with E-state index in [2.05, 4.69) is 0 Å². The lowest BCUT2D eigenvalue weighted by Crippen LogP contribution is -2.39. The molecule has 1 unspecified atom stereocenters. The second-order valence-corrected chi connectivity index (χ2v) is 2.83. The Morgan fingerprint density at radius 1 is 1.54 bits per heavy atom. The molecule has 6 heteroatoms. The van der Waals surface area contributed by atoms with Crippen LogP contribution in [0.5, 0.6) is 0 Å². The molecule has 0 saturated carbocycles. The molecule has 1 heterocycles. The molecule has 1 rings (SSSR count). The molecular formula is C7H10F3NO2. The summed E-state index contributed by atoms with van der Waals surface area (Å²) in [5.41, 5.74) is 0. The van der Waals surface area contributed by atoms with E-state index < -0.39 is 24.7 Å². The number of nitrogens with one attached hydrogen (secondary N) is 1. The Bertz CT molecular complexity index is 187. The first-order chi connectivity index (χ1) is 5.99. The second kappa shape index (κ2) is 3.95. The number of alkyl halides is 3. The van der Waals surface area contributed by atoms with Gasteiger partial charge in [-0.25, -0.2) is 0 Å². The van der Waals surface area contributed by atoms with Gasteiger partial charge in [0.25, 0.3) is 0 Å². The van der Waals surface area contributed by atoms with Crippen LogP contribution in [-0.4, -0.2) is 31.3 Å². The lowest BCUT2D eigenvalue weighted by Gasteiger charge is -2.11. The van der Waals surface area contributed by atoms with Gasteiger partial charge in [-0.15, -0.1) is 0 Å². The maximum absolute atomic E-state index is 11.6. The number of hydrogen-bond acceptors (Lipinski definition) is 2. The van der Waals surface area contributed by atoms with Gasteiger partial charge in [-0.05, 0) is 12.8 Å². The van der Waals surface area contributed by atoms with Crippen molar-refractivity contribution < 1.29 is 22.7 Å². The highest BCUT2D eigenvalue weighted by Gasteiger charge is 2.30. The fourth-order valence-electron chi connectivity index (χ4n) is 1.09. The summed E-state index contributed by atoms with van der Waals surface area (Å²) in [6.45, 7) is -0.838. The number of carbonyl (C=O) groups is 1. The Labute approximate surface area is 73.2 Å². The molecule has 0 aromatic rings. The predicted molar refractivity (Wildman–Crippen MR) is 38.0 cm³/mol. The Hall–Kier alpha value is -0.780. The molecule has 0 bridgehead atoms. The number of halogens is 3. The summed E-state index contributed by atoms with van der Waals surface area (Å²) in [6.07, 6.45) is -3.82. The topological polar surface area (TPSA) is 38.3 Å². The van der Waals surface area contributed by atoms with E-state index >= 15 is 0 Å². The van der Waals surface area contributed by atoms with Crippen LogP contribution < -0.4 is 5.32 Å². The van der Waals surface area contributed by atoms with Gasteiger partial charge in [0.05, 0.1) is 0 Å². The van der Waals surface area contributed by atoms with Crippen molar-refractivity contribution in [3.05, 3.63) is 0 Å². The third-order valence-corrected chi connectivity index (χ3v) is 1.69. The Morgan fingerprint density at radius 3 is 2.69 bits per heavy atom. The van der Waals surface area contributed by atoms with Crippen LogP contribution in [0, 0.1) is 0 Å². The Morgan fingerprint density at radius 2 is 2.23 bits per heavy atom. The van der Waals surface area contributed by atoms with E-state index in [-0.39, 0.29) is 0 Å². The fourth-order valence-corrected chi connectivity index (χ4v) is 1.09. The van der Waals surface area contributed by atoms with Crippen LogP contribution >= 0.6 is 0 Å². The zero-order valence-electron chi connectivity index (χ0n) is 6.86. The van der Waals surface area contributed by atoms with Crippen LogP contribution in [0.1, 0.15) is 12.8 Å². The minimum absolute atomic E-state index is 0.449. The van der Waals surface area contributed by atoms with Crippen molar-refractivity contribution in [1.82, 2.24) is 5.32 Å². The minimum atomic E-state index is -4.35. The zero-order chi connectivity index (χ0) is 9.90. The number of amides is 1. The third-order valence-electron chi connectivity index (χ3n) is 1.69. The van der Waals surface area contributed by atoms with Crippen LogP contribution in [-0.2, 0) is 9.53 Å². The summed E-state index contributed by atoms with van der Waals surface area (Å²) in [4.78, 5) is 11.0. The molecule has 1 fully saturated rings. The average molecular weight is 197 g/mol. The molecular weight excluding hydrogens is 187 g/mol. The normalized spacial score (nSPS) is 23.2. The highest BCUT2D eigenvalue weighted by molar-refractivity contribution is 5.80. The van der Waals surface area contributed by atoms with Crippen molar-refractivity contribution >= 4 is 5.91 Å². The van der Waals surface area contributed by atoms with Crippen molar-refractivity contribution in [3.8, 4) is 0 Å². The molecule has 3 nitrogen and oxygen atoms in total. The predicted octanol–water partition coefficient (Wildman–Crippen LogP) is 0.844. The van der Waals surface area contributed by atoms with Gasteiger partial charge in [-0.2, -0.15) is 13.2 Å². The number of ether oxygens (including phenoxy) is 1. The summed E-state index contributed by atoms with van der Waals surface area (Å²) in [7, 11) is 0. The molecule has 1 atom stereocenters. The van der Waals surface area contributed by atoms with E-state index in [0.29, 0.717) is 13.0 Å². The standard InChI is InChI=1S/C7H10F3NO2/c8-7(9,10)4-11-6(12)5-2-1-3-13-5/h5H,1-4H2,(H,11,12). The zero-order valence-corrected chi connectivity index (χ0v) is 6.86. The van der Waals surface area contributed by atoms with Crippen LogP contribution in [0.25, 0.3) is 0 Å². The molecule has 1 N–H and O–H groups in total. The first-order valence-corrected chi connectivity index (χ1v) is 3.95. The smallest absolute Gasteiger partial charge is 0.368 e. The van der Waals surface area contributed by atoms with E-state index in [1.54, 1.807) is 5.32 Å². The van der Waals surface area contributed by atoms with Crippen LogP contribution in [0.4, 0.5) is 13.2 Å². The maximum atomic E-state index is 11.6. The van der Waals surface area contributed by atoms with Gasteiger partial charge >= 0.3 is 6.18 Å². The summed E-state index contributed by atoms with van der Waals surface area (Å²) < 4.78 is 39.8. The van der Waals surface area contributed by atoms with Gasteiger partial charge in [0.1, 0.15) is 12.6 Å². The maximum Gasteiger partial charge on any atom is 0.405 e. The van der Waals surface area contributed by atoms with Crippen molar-refractivity contribution in [2.45, 2.75) is 25.1 Å². The van der Waals surface area contributed by atoms with Gasteiger partial charge in [-0.3, -0.25) is 4.79 Å². The van der Waals surface area contributed by atoms with Crippen LogP contribution in [0.15, 0.2) is 0 Å². The number of hydrogen-bond donors (Lipinski definition) is 1. The quantitative estimate of drug-likeness (QED) is 0.712. The van der Waals surface area contributed by atoms with E-state index in [4.69, 9.17) is 4.74 Å². The Kier molecular flexibility index (Phi) is 3.13. The molecule has 0 radical (unpaired) electrons. The summed E-state index contributed by atoms with van der Waals surface area (Å²) in [5, 5.41) is 1.78. The van der Waals surface area contributed by atoms with Gasteiger partial charge in [0.15, 0.2) is 0 Å². The van der Waals surface area contributed by atoms with E-state index in [0.717, 1.165) is 6.42 Å². The van der Waals surface area contributed by atoms with E-state index in [1.807, 2.05) is 0 Å². The molecule has 1 aliphatic rings. The fraction of sp³-hybridized carbons (Fsp3) is 0.857. The molecule has 1 aliphatic heterocycles. The summed E-state index contributed by atoms with van der Waals surface area (Å²) in [6, 6.07) is 0. The van der Waals surface area contributed by atoms with Crippen LogP contribution in [0.3, 0.4) is 0 Å². The van der Waals surface area contributed by atoms with E-state index in [1.165, 1.54) is 0 Å². The monoisotopic (exact) mass is 197 g/mol. The number of rotatable bonds is 2. The van der Waals surface area contributed by atoms with Crippen molar-refractivity contribution in [2.24, 2.45) is 0 Å². The first-order valence-electron chi connectivity index (χ1n) is 3.95. The minimum Gasteiger partial charge on any atom is -0.368 e. The highest BCUT2D eigenvalue weighted by Crippen LogP contribution is 2.14. The molecule has 13 heavy (non-hydrogen) atoms. The van der Waals surface area contributed by atoms with Crippen LogP contribution in [0.2, 0.25) is 0 Å². The SMILES string of the molecule is O=C(NCC(F)(F)F)C1CCCO1. The summed E-state index contributed by atoms with van der Waals surface area (Å²) in [5.74, 6) is -0.671. The van der Waals surface area contributed by atoms with Gasteiger partial charge in [0, 0.05) is 6.61 Å². The highest BCUT2D eigenvalue weighted by atomic mass is 19.4. The van der Waals surface area contributed by atoms with Gasteiger partial charge in [-0.1, -0.05) is 0 Å². The van der Waals surface area contributed by atoms with Gasteiger partial charge in [0.2, 0.25) is 5.91 Å².